The molecule has 2 aromatic rings. The first-order valence-corrected chi connectivity index (χ1v) is 10.4. The molecular formula is C21H26Cl2IN5O. The summed E-state index contributed by atoms with van der Waals surface area (Å²) in [5.74, 6) is 0.985. The van der Waals surface area contributed by atoms with E-state index in [4.69, 9.17) is 23.2 Å². The van der Waals surface area contributed by atoms with Crippen LogP contribution in [0.4, 0.5) is 0 Å². The maximum Gasteiger partial charge on any atom is 0.227 e. The van der Waals surface area contributed by atoms with E-state index in [-0.39, 0.29) is 29.9 Å². The predicted octanol–water partition coefficient (Wildman–Crippen LogP) is 3.51. The smallest absolute Gasteiger partial charge is 0.227 e. The van der Waals surface area contributed by atoms with Gasteiger partial charge in [0, 0.05) is 51.0 Å². The highest BCUT2D eigenvalue weighted by Crippen LogP contribution is 2.13. The van der Waals surface area contributed by atoms with Crippen LogP contribution >= 0.6 is 47.2 Å². The molecule has 6 nitrogen and oxygen atoms in total. The second-order valence-corrected chi connectivity index (χ2v) is 7.71. The molecule has 9 heteroatoms. The zero-order chi connectivity index (χ0) is 20.6. The van der Waals surface area contributed by atoms with E-state index in [1.165, 1.54) is 0 Å². The topological polar surface area (TPSA) is 60.8 Å². The normalized spacial score (nSPS) is 14.3. The lowest BCUT2D eigenvalue weighted by molar-refractivity contribution is -0.131. The molecule has 0 aliphatic carbocycles. The number of hydrogen-bond acceptors (Lipinski definition) is 3. The minimum atomic E-state index is 0. The summed E-state index contributed by atoms with van der Waals surface area (Å²) in [7, 11) is 1.78. The van der Waals surface area contributed by atoms with Gasteiger partial charge in [0.05, 0.1) is 6.42 Å². The number of carbonyl (C=O) groups excluding carboxylic acids is 1. The minimum Gasteiger partial charge on any atom is -0.356 e. The standard InChI is InChI=1S/C21H25Cl2N5O.HI/c1-24-21(25-8-7-16-5-6-19(23)26-15-16)28-11-9-27(10-12-28)20(29)14-17-3-2-4-18(22)13-17;/h2-6,13,15H,7-12,14H2,1H3,(H,24,25);1H. The van der Waals surface area contributed by atoms with Gasteiger partial charge in [0.1, 0.15) is 5.15 Å². The van der Waals surface area contributed by atoms with Crippen molar-refractivity contribution in [3.63, 3.8) is 0 Å². The van der Waals surface area contributed by atoms with E-state index in [9.17, 15) is 4.79 Å². The summed E-state index contributed by atoms with van der Waals surface area (Å²) in [6.07, 6.45) is 3.00. The summed E-state index contributed by atoms with van der Waals surface area (Å²) in [6, 6.07) is 11.2. The van der Waals surface area contributed by atoms with Crippen LogP contribution < -0.4 is 5.32 Å². The molecular weight excluding hydrogens is 536 g/mol. The van der Waals surface area contributed by atoms with E-state index in [1.807, 2.05) is 35.2 Å². The van der Waals surface area contributed by atoms with Gasteiger partial charge in [-0.3, -0.25) is 9.79 Å². The van der Waals surface area contributed by atoms with Gasteiger partial charge >= 0.3 is 0 Å². The maximum absolute atomic E-state index is 12.6. The number of pyridine rings is 1. The molecule has 1 aliphatic heterocycles. The van der Waals surface area contributed by atoms with E-state index in [0.29, 0.717) is 29.7 Å². The Hall–Kier alpha value is -1.58. The summed E-state index contributed by atoms with van der Waals surface area (Å²) < 4.78 is 0. The van der Waals surface area contributed by atoms with Gasteiger partial charge in [-0.25, -0.2) is 4.98 Å². The highest BCUT2D eigenvalue weighted by Gasteiger charge is 2.23. The molecule has 162 valence electrons. The molecule has 0 atom stereocenters. The average molecular weight is 562 g/mol. The highest BCUT2D eigenvalue weighted by molar-refractivity contribution is 14.0. The Bertz CT molecular complexity index is 855. The van der Waals surface area contributed by atoms with Crippen LogP contribution in [-0.4, -0.2) is 66.4 Å². The number of carbonyl (C=O) groups is 1. The lowest BCUT2D eigenvalue weighted by Gasteiger charge is -2.36. The van der Waals surface area contributed by atoms with Gasteiger partial charge in [-0.1, -0.05) is 41.4 Å². The van der Waals surface area contributed by atoms with Crippen LogP contribution in [0, 0.1) is 0 Å². The zero-order valence-electron chi connectivity index (χ0n) is 16.9. The fourth-order valence-corrected chi connectivity index (χ4v) is 3.63. The third-order valence-electron chi connectivity index (χ3n) is 4.87. The number of hydrogen-bond donors (Lipinski definition) is 1. The number of piperazine rings is 1. The molecule has 1 aromatic heterocycles. The zero-order valence-corrected chi connectivity index (χ0v) is 20.7. The van der Waals surface area contributed by atoms with Gasteiger partial charge in [-0.05, 0) is 35.7 Å². The first-order valence-electron chi connectivity index (χ1n) is 9.63. The Balaban J connectivity index is 0.00000320. The number of nitrogens with one attached hydrogen (secondary N) is 1. The van der Waals surface area contributed by atoms with Crippen molar-refractivity contribution in [2.24, 2.45) is 4.99 Å². The molecule has 0 bridgehead atoms. The molecule has 1 N–H and O–H groups in total. The van der Waals surface area contributed by atoms with E-state index >= 15 is 0 Å². The molecule has 1 amide bonds. The maximum atomic E-state index is 12.6. The number of rotatable bonds is 5. The summed E-state index contributed by atoms with van der Waals surface area (Å²) >= 11 is 11.8. The van der Waals surface area contributed by atoms with E-state index < -0.39 is 0 Å². The monoisotopic (exact) mass is 561 g/mol. The van der Waals surface area contributed by atoms with Crippen LogP contribution in [0.2, 0.25) is 10.2 Å². The molecule has 0 spiro atoms. The Morgan fingerprint density at radius 3 is 2.47 bits per heavy atom. The highest BCUT2D eigenvalue weighted by atomic mass is 127. The van der Waals surface area contributed by atoms with Crippen LogP contribution in [-0.2, 0) is 17.6 Å². The van der Waals surface area contributed by atoms with Gasteiger partial charge in [0.15, 0.2) is 5.96 Å². The molecule has 1 saturated heterocycles. The van der Waals surface area contributed by atoms with Crippen molar-refractivity contribution in [1.82, 2.24) is 20.1 Å². The third-order valence-corrected chi connectivity index (χ3v) is 5.33. The van der Waals surface area contributed by atoms with Gasteiger partial charge in [-0.2, -0.15) is 0 Å². The molecule has 0 unspecified atom stereocenters. The van der Waals surface area contributed by atoms with Gasteiger partial charge in [0.2, 0.25) is 5.91 Å². The molecule has 1 aliphatic rings. The predicted molar refractivity (Wildman–Crippen MR) is 133 cm³/mol. The first-order chi connectivity index (χ1) is 14.0. The van der Waals surface area contributed by atoms with Crippen molar-refractivity contribution in [2.45, 2.75) is 12.8 Å². The number of halogens is 3. The van der Waals surface area contributed by atoms with Crippen LogP contribution in [0.3, 0.4) is 0 Å². The van der Waals surface area contributed by atoms with E-state index in [2.05, 4.69) is 20.2 Å². The number of aliphatic imine (C=N–C) groups is 1. The first kappa shape index (κ1) is 24.7. The molecule has 1 aromatic carbocycles. The van der Waals surface area contributed by atoms with Crippen LogP contribution in [0.15, 0.2) is 47.6 Å². The molecule has 1 fully saturated rings. The average Bonchev–Trinajstić information content (AvgIpc) is 2.73. The number of amides is 1. The Morgan fingerprint density at radius 1 is 1.10 bits per heavy atom. The van der Waals surface area contributed by atoms with Crippen molar-refractivity contribution >= 4 is 59.0 Å². The largest absolute Gasteiger partial charge is 0.356 e. The van der Waals surface area contributed by atoms with E-state index in [1.54, 1.807) is 19.3 Å². The number of nitrogens with zero attached hydrogens (tertiary/aromatic N) is 4. The van der Waals surface area contributed by atoms with Crippen LogP contribution in [0.25, 0.3) is 0 Å². The SMILES string of the molecule is CN=C(NCCc1ccc(Cl)nc1)N1CCN(C(=O)Cc2cccc(Cl)c2)CC1.I. The van der Waals surface area contributed by atoms with Gasteiger partial charge in [0.25, 0.3) is 0 Å². The summed E-state index contributed by atoms with van der Waals surface area (Å²) in [4.78, 5) is 25.2. The minimum absolute atomic E-state index is 0. The van der Waals surface area contributed by atoms with E-state index in [0.717, 1.165) is 43.1 Å². The van der Waals surface area contributed by atoms with Crippen LogP contribution in [0.1, 0.15) is 11.1 Å². The summed E-state index contributed by atoms with van der Waals surface area (Å²) in [5, 5.41) is 4.55. The number of aromatic nitrogens is 1. The van der Waals surface area contributed by atoms with Crippen LogP contribution in [0.5, 0.6) is 0 Å². The molecule has 0 saturated carbocycles. The Labute approximate surface area is 204 Å². The lowest BCUT2D eigenvalue weighted by atomic mass is 10.1. The number of benzene rings is 1. The third kappa shape index (κ3) is 7.28. The number of guanidine groups is 1. The quantitative estimate of drug-likeness (QED) is 0.263. The Kier molecular flexibility index (Phi) is 10.1. The second kappa shape index (κ2) is 12.3. The second-order valence-electron chi connectivity index (χ2n) is 6.89. The van der Waals surface area contributed by atoms with Crippen molar-refractivity contribution in [2.75, 3.05) is 39.8 Å². The van der Waals surface area contributed by atoms with Crippen molar-refractivity contribution < 1.29 is 4.79 Å². The molecule has 0 radical (unpaired) electrons. The molecule has 30 heavy (non-hydrogen) atoms. The summed E-state index contributed by atoms with van der Waals surface area (Å²) in [5.41, 5.74) is 2.06. The fourth-order valence-electron chi connectivity index (χ4n) is 3.31. The molecule has 2 heterocycles. The van der Waals surface area contributed by atoms with Gasteiger partial charge in [-0.15, -0.1) is 24.0 Å². The van der Waals surface area contributed by atoms with Crippen molar-refractivity contribution in [3.8, 4) is 0 Å². The molecule has 3 rings (SSSR count). The van der Waals surface area contributed by atoms with Gasteiger partial charge < -0.3 is 15.1 Å². The van der Waals surface area contributed by atoms with Crippen molar-refractivity contribution in [1.29, 1.82) is 0 Å². The fraction of sp³-hybridized carbons (Fsp3) is 0.381. The Morgan fingerprint density at radius 2 is 1.83 bits per heavy atom. The summed E-state index contributed by atoms with van der Waals surface area (Å²) in [6.45, 7) is 3.62. The lowest BCUT2D eigenvalue weighted by Crippen LogP contribution is -2.54. The van der Waals surface area contributed by atoms with Crippen molar-refractivity contribution in [3.05, 3.63) is 63.9 Å².